The van der Waals surface area contributed by atoms with Crippen LogP contribution in [-0.4, -0.2) is 32.7 Å². The van der Waals surface area contributed by atoms with Crippen molar-refractivity contribution in [3.63, 3.8) is 0 Å². The maximum Gasteiger partial charge on any atom is 0.229 e. The zero-order valence-electron chi connectivity index (χ0n) is 12.5. The number of hydrogen-bond donors (Lipinski definition) is 0. The maximum absolute atomic E-state index is 4.86. The van der Waals surface area contributed by atoms with Crippen molar-refractivity contribution in [2.75, 3.05) is 18.0 Å². The van der Waals surface area contributed by atoms with Gasteiger partial charge >= 0.3 is 0 Å². The molecule has 0 radical (unpaired) electrons. The van der Waals surface area contributed by atoms with Crippen molar-refractivity contribution in [1.82, 2.24) is 19.6 Å². The highest BCUT2D eigenvalue weighted by Gasteiger charge is 2.22. The molecular formula is C16H19N5. The highest BCUT2D eigenvalue weighted by molar-refractivity contribution is 5.92. The van der Waals surface area contributed by atoms with Gasteiger partial charge in [-0.2, -0.15) is 4.52 Å². The van der Waals surface area contributed by atoms with Crippen LogP contribution in [0, 0.1) is 12.8 Å². The quantitative estimate of drug-likeness (QED) is 0.688. The molecule has 1 atom stereocenters. The molecule has 1 saturated heterocycles. The van der Waals surface area contributed by atoms with Crippen molar-refractivity contribution in [1.29, 1.82) is 0 Å². The Kier molecular flexibility index (Phi) is 2.80. The Balaban J connectivity index is 1.97. The number of aryl methyl sites for hydroxylation is 1. The van der Waals surface area contributed by atoms with Gasteiger partial charge in [-0.3, -0.25) is 0 Å². The Bertz CT molecular complexity index is 807. The van der Waals surface area contributed by atoms with Gasteiger partial charge in [0.1, 0.15) is 5.82 Å². The Hall–Kier alpha value is -2.17. The van der Waals surface area contributed by atoms with Gasteiger partial charge in [0.25, 0.3) is 0 Å². The van der Waals surface area contributed by atoms with Crippen LogP contribution in [0.3, 0.4) is 0 Å². The van der Waals surface area contributed by atoms with Gasteiger partial charge in [0.05, 0.1) is 5.52 Å². The fourth-order valence-corrected chi connectivity index (χ4v) is 3.22. The summed E-state index contributed by atoms with van der Waals surface area (Å²) in [4.78, 5) is 11.8. The minimum Gasteiger partial charge on any atom is -0.340 e. The molecule has 108 valence electrons. The summed E-state index contributed by atoms with van der Waals surface area (Å²) in [6.07, 6.45) is 2.51. The molecule has 1 fully saturated rings. The van der Waals surface area contributed by atoms with Crippen molar-refractivity contribution in [3.05, 3.63) is 30.1 Å². The molecule has 5 heteroatoms. The summed E-state index contributed by atoms with van der Waals surface area (Å²) in [5.74, 6) is 2.42. The topological polar surface area (TPSA) is 46.3 Å². The molecular weight excluding hydrogens is 262 g/mol. The molecule has 4 rings (SSSR count). The molecule has 0 saturated carbocycles. The van der Waals surface area contributed by atoms with Crippen LogP contribution in [0.2, 0.25) is 0 Å². The van der Waals surface area contributed by atoms with Crippen LogP contribution in [0.5, 0.6) is 0 Å². The molecule has 21 heavy (non-hydrogen) atoms. The van der Waals surface area contributed by atoms with E-state index in [1.807, 2.05) is 23.6 Å². The van der Waals surface area contributed by atoms with E-state index in [2.05, 4.69) is 34.0 Å². The summed E-state index contributed by atoms with van der Waals surface area (Å²) in [5, 5.41) is 5.63. The third kappa shape index (κ3) is 2.04. The number of hydrogen-bond acceptors (Lipinski definition) is 4. The van der Waals surface area contributed by atoms with Crippen LogP contribution in [-0.2, 0) is 0 Å². The molecule has 1 aliphatic heterocycles. The van der Waals surface area contributed by atoms with Gasteiger partial charge in [-0.1, -0.05) is 19.1 Å². The number of fused-ring (bicyclic) bond motifs is 3. The fourth-order valence-electron chi connectivity index (χ4n) is 3.22. The molecule has 0 spiro atoms. The van der Waals surface area contributed by atoms with E-state index in [9.17, 15) is 0 Å². The Morgan fingerprint density at radius 3 is 2.90 bits per heavy atom. The molecule has 0 N–H and O–H groups in total. The molecule has 5 nitrogen and oxygen atoms in total. The Labute approximate surface area is 123 Å². The van der Waals surface area contributed by atoms with Crippen molar-refractivity contribution in [2.24, 2.45) is 5.92 Å². The largest absolute Gasteiger partial charge is 0.340 e. The van der Waals surface area contributed by atoms with Crippen LogP contribution in [0.4, 0.5) is 5.95 Å². The Morgan fingerprint density at radius 1 is 1.19 bits per heavy atom. The fraction of sp³-hybridized carbons (Fsp3) is 0.438. The van der Waals surface area contributed by atoms with Gasteiger partial charge in [-0.15, -0.1) is 5.10 Å². The highest BCUT2D eigenvalue weighted by atomic mass is 15.4. The average molecular weight is 281 g/mol. The predicted octanol–water partition coefficient (Wildman–Crippen LogP) is 2.82. The maximum atomic E-state index is 4.86. The van der Waals surface area contributed by atoms with E-state index in [0.717, 1.165) is 41.4 Å². The normalized spacial score (nSPS) is 19.5. The molecule has 0 aliphatic carbocycles. The number of para-hydroxylation sites is 1. The summed E-state index contributed by atoms with van der Waals surface area (Å²) >= 11 is 0. The van der Waals surface area contributed by atoms with Gasteiger partial charge < -0.3 is 4.90 Å². The minimum absolute atomic E-state index is 0.701. The second-order valence-electron chi connectivity index (χ2n) is 6.02. The summed E-state index contributed by atoms with van der Waals surface area (Å²) < 4.78 is 1.91. The first kappa shape index (κ1) is 12.6. The van der Waals surface area contributed by atoms with Crippen molar-refractivity contribution in [3.8, 4) is 0 Å². The van der Waals surface area contributed by atoms with Crippen molar-refractivity contribution in [2.45, 2.75) is 26.7 Å². The lowest BCUT2D eigenvalue weighted by atomic mass is 10.0. The van der Waals surface area contributed by atoms with Gasteiger partial charge in [-0.25, -0.2) is 9.97 Å². The minimum atomic E-state index is 0.701. The molecule has 1 aliphatic rings. The van der Waals surface area contributed by atoms with E-state index in [1.54, 1.807) is 0 Å². The first-order chi connectivity index (χ1) is 10.2. The van der Waals surface area contributed by atoms with Crippen LogP contribution < -0.4 is 4.90 Å². The molecule has 2 aromatic heterocycles. The number of benzene rings is 1. The number of rotatable bonds is 1. The monoisotopic (exact) mass is 281 g/mol. The van der Waals surface area contributed by atoms with Crippen molar-refractivity contribution < 1.29 is 0 Å². The first-order valence-corrected chi connectivity index (χ1v) is 7.59. The van der Waals surface area contributed by atoms with E-state index >= 15 is 0 Å². The summed E-state index contributed by atoms with van der Waals surface area (Å²) in [5.41, 5.74) is 1.90. The second-order valence-corrected chi connectivity index (χ2v) is 6.02. The molecule has 0 unspecified atom stereocenters. The SMILES string of the molecule is Cc1nc2c3ccccc3nc(N3CCC[C@@H](C)C3)n2n1. The molecule has 0 bridgehead atoms. The molecule has 0 amide bonds. The van der Waals surface area contributed by atoms with E-state index < -0.39 is 0 Å². The van der Waals surface area contributed by atoms with E-state index in [0.29, 0.717) is 5.92 Å². The molecule has 1 aromatic carbocycles. The lowest BCUT2D eigenvalue weighted by molar-refractivity contribution is 0.440. The van der Waals surface area contributed by atoms with Gasteiger partial charge in [0.2, 0.25) is 5.95 Å². The summed E-state index contributed by atoms with van der Waals surface area (Å²) in [6, 6.07) is 8.17. The van der Waals surface area contributed by atoms with Crippen LogP contribution >= 0.6 is 0 Å². The summed E-state index contributed by atoms with van der Waals surface area (Å²) in [7, 11) is 0. The van der Waals surface area contributed by atoms with E-state index in [4.69, 9.17) is 4.98 Å². The summed E-state index contributed by atoms with van der Waals surface area (Å²) in [6.45, 7) is 6.32. The predicted molar refractivity (Wildman–Crippen MR) is 83.6 cm³/mol. The molecule has 3 aromatic rings. The number of piperidine rings is 1. The first-order valence-electron chi connectivity index (χ1n) is 7.59. The van der Waals surface area contributed by atoms with Crippen LogP contribution in [0.25, 0.3) is 16.6 Å². The van der Waals surface area contributed by atoms with Crippen molar-refractivity contribution >= 4 is 22.5 Å². The van der Waals surface area contributed by atoms with Gasteiger partial charge in [0.15, 0.2) is 5.65 Å². The lowest BCUT2D eigenvalue weighted by Crippen LogP contribution is -2.36. The van der Waals surface area contributed by atoms with E-state index in [1.165, 1.54) is 12.8 Å². The third-order valence-corrected chi connectivity index (χ3v) is 4.21. The van der Waals surface area contributed by atoms with E-state index in [-0.39, 0.29) is 0 Å². The van der Waals surface area contributed by atoms with Crippen LogP contribution in [0.1, 0.15) is 25.6 Å². The zero-order chi connectivity index (χ0) is 14.4. The smallest absolute Gasteiger partial charge is 0.229 e. The third-order valence-electron chi connectivity index (χ3n) is 4.21. The second kappa shape index (κ2) is 4.69. The molecule has 3 heterocycles. The number of nitrogens with zero attached hydrogens (tertiary/aromatic N) is 5. The highest BCUT2D eigenvalue weighted by Crippen LogP contribution is 2.26. The Morgan fingerprint density at radius 2 is 2.05 bits per heavy atom. The number of aromatic nitrogens is 4. The van der Waals surface area contributed by atoms with Gasteiger partial charge in [0, 0.05) is 18.5 Å². The van der Waals surface area contributed by atoms with Crippen LogP contribution in [0.15, 0.2) is 24.3 Å². The average Bonchev–Trinajstić information content (AvgIpc) is 2.88. The zero-order valence-corrected chi connectivity index (χ0v) is 12.5. The standard InChI is InChI=1S/C16H19N5/c1-11-6-5-9-20(10-11)16-18-14-8-4-3-7-13(14)15-17-12(2)19-21(15)16/h3-4,7-8,11H,5-6,9-10H2,1-2H3/t11-/m1/s1. The number of anilines is 1. The lowest BCUT2D eigenvalue weighted by Gasteiger charge is -2.31. The van der Waals surface area contributed by atoms with Gasteiger partial charge in [-0.05, 0) is 37.8 Å².